The molecule has 0 amide bonds. The normalized spacial score (nSPS) is 19.8. The van der Waals surface area contributed by atoms with Crippen molar-refractivity contribution in [3.8, 4) is 22.3 Å². The average molecular weight is 742 g/mol. The summed E-state index contributed by atoms with van der Waals surface area (Å²) in [5, 5.41) is 0. The molecule has 284 valence electrons. The van der Waals surface area contributed by atoms with Crippen molar-refractivity contribution in [2.75, 3.05) is 4.90 Å². The van der Waals surface area contributed by atoms with Crippen LogP contribution in [0.2, 0.25) is 0 Å². The zero-order valence-corrected chi connectivity index (χ0v) is 33.4. The highest BCUT2D eigenvalue weighted by molar-refractivity contribution is 5.70. The highest BCUT2D eigenvalue weighted by Crippen LogP contribution is 2.41. The summed E-state index contributed by atoms with van der Waals surface area (Å²) in [7, 11) is 0. The van der Waals surface area contributed by atoms with Gasteiger partial charge in [-0.15, -0.1) is 0 Å². The smallest absolute Gasteiger partial charge is 0.0565 e. The third-order valence-electron chi connectivity index (χ3n) is 13.0. The van der Waals surface area contributed by atoms with E-state index < -0.39 is 0 Å². The average Bonchev–Trinajstić information content (AvgIpc) is 3.29. The van der Waals surface area contributed by atoms with E-state index in [9.17, 15) is 0 Å². The standard InChI is InChI=1S/C56H55N/c1-41(56(51-31-29-48(30-32-51)45-15-7-3-8-16-45)39-42-21-23-47(24-22-42)44-13-5-2-6-14-44)43-25-27-49(28-26-43)50-33-36-54(37-34-50)57(53-19-9-4-10-20-53)55-38-35-46-17-11-12-18-52(46)40-55/h3,7-9,11-13,15-23,25-38,41,47,55-56H,2,4-6,10,14,24,39-40H2,1H3. The first kappa shape index (κ1) is 36.9. The number of fused-ring (bicyclic) bond motifs is 1. The molecule has 0 N–H and O–H groups in total. The molecule has 4 aliphatic carbocycles. The van der Waals surface area contributed by atoms with Gasteiger partial charge in [0, 0.05) is 17.3 Å². The minimum Gasteiger partial charge on any atom is -0.334 e. The van der Waals surface area contributed by atoms with Crippen molar-refractivity contribution in [3.05, 3.63) is 215 Å². The van der Waals surface area contributed by atoms with Crippen LogP contribution in [-0.4, -0.2) is 6.04 Å². The van der Waals surface area contributed by atoms with Gasteiger partial charge in [0.05, 0.1) is 6.04 Å². The lowest BCUT2D eigenvalue weighted by atomic mass is 9.76. The zero-order chi connectivity index (χ0) is 38.4. The molecule has 1 nitrogen and oxygen atoms in total. The molecule has 0 heterocycles. The Morgan fingerprint density at radius 1 is 0.596 bits per heavy atom. The fraction of sp³-hybridized carbons (Fsp3) is 0.250. The molecule has 5 aromatic carbocycles. The summed E-state index contributed by atoms with van der Waals surface area (Å²) in [6.07, 6.45) is 32.3. The largest absolute Gasteiger partial charge is 0.334 e. The van der Waals surface area contributed by atoms with Crippen LogP contribution in [0.25, 0.3) is 28.3 Å². The van der Waals surface area contributed by atoms with Gasteiger partial charge in [0.15, 0.2) is 0 Å². The Bertz CT molecular complexity index is 2330. The molecule has 0 bridgehead atoms. The number of hydrogen-bond acceptors (Lipinski definition) is 1. The van der Waals surface area contributed by atoms with E-state index in [2.05, 4.69) is 194 Å². The van der Waals surface area contributed by atoms with Crippen molar-refractivity contribution in [2.45, 2.75) is 82.6 Å². The Kier molecular flexibility index (Phi) is 11.2. The van der Waals surface area contributed by atoms with Gasteiger partial charge < -0.3 is 4.90 Å². The van der Waals surface area contributed by atoms with Crippen LogP contribution in [0.1, 0.15) is 92.4 Å². The topological polar surface area (TPSA) is 3.24 Å². The second-order valence-corrected chi connectivity index (χ2v) is 16.6. The maximum Gasteiger partial charge on any atom is 0.0565 e. The lowest BCUT2D eigenvalue weighted by Crippen LogP contribution is -2.36. The number of rotatable bonds is 11. The van der Waals surface area contributed by atoms with Gasteiger partial charge in [-0.05, 0) is 132 Å². The van der Waals surface area contributed by atoms with Crippen molar-refractivity contribution < 1.29 is 0 Å². The first-order chi connectivity index (χ1) is 28.2. The van der Waals surface area contributed by atoms with Crippen LogP contribution in [-0.2, 0) is 6.42 Å². The van der Waals surface area contributed by atoms with E-state index in [0.29, 0.717) is 17.8 Å². The van der Waals surface area contributed by atoms with E-state index in [0.717, 1.165) is 32.1 Å². The van der Waals surface area contributed by atoms with E-state index in [1.54, 1.807) is 5.57 Å². The van der Waals surface area contributed by atoms with Gasteiger partial charge in [-0.1, -0.05) is 182 Å². The van der Waals surface area contributed by atoms with Crippen molar-refractivity contribution in [3.63, 3.8) is 0 Å². The van der Waals surface area contributed by atoms with Gasteiger partial charge in [0.25, 0.3) is 0 Å². The maximum atomic E-state index is 2.54. The number of benzene rings is 5. The summed E-state index contributed by atoms with van der Waals surface area (Å²) in [6.45, 7) is 2.43. The molecule has 9 rings (SSSR count). The monoisotopic (exact) mass is 741 g/mol. The quantitative estimate of drug-likeness (QED) is 0.122. The van der Waals surface area contributed by atoms with Gasteiger partial charge in [0.1, 0.15) is 0 Å². The number of nitrogens with zero attached hydrogens (tertiary/aromatic N) is 1. The maximum absolute atomic E-state index is 2.54. The Labute approximate surface area is 341 Å². The molecule has 4 unspecified atom stereocenters. The number of anilines is 1. The summed E-state index contributed by atoms with van der Waals surface area (Å²) < 4.78 is 0. The summed E-state index contributed by atoms with van der Waals surface area (Å²) >= 11 is 0. The Morgan fingerprint density at radius 2 is 1.30 bits per heavy atom. The van der Waals surface area contributed by atoms with Crippen molar-refractivity contribution in [2.24, 2.45) is 5.92 Å². The van der Waals surface area contributed by atoms with Crippen molar-refractivity contribution in [1.82, 2.24) is 0 Å². The molecule has 0 saturated heterocycles. The van der Waals surface area contributed by atoms with Crippen LogP contribution < -0.4 is 4.90 Å². The van der Waals surface area contributed by atoms with Crippen LogP contribution in [0.5, 0.6) is 0 Å². The Balaban J connectivity index is 0.948. The minimum absolute atomic E-state index is 0.276. The van der Waals surface area contributed by atoms with Crippen LogP contribution >= 0.6 is 0 Å². The zero-order valence-electron chi connectivity index (χ0n) is 33.4. The molecule has 4 atom stereocenters. The Morgan fingerprint density at radius 3 is 1.98 bits per heavy atom. The summed E-state index contributed by atoms with van der Waals surface area (Å²) in [5.41, 5.74) is 16.3. The van der Waals surface area contributed by atoms with Crippen molar-refractivity contribution in [1.29, 1.82) is 0 Å². The van der Waals surface area contributed by atoms with Crippen molar-refractivity contribution >= 4 is 11.8 Å². The first-order valence-electron chi connectivity index (χ1n) is 21.5. The molecule has 0 spiro atoms. The summed E-state index contributed by atoms with van der Waals surface area (Å²) in [4.78, 5) is 2.54. The molecular formula is C56H55N. The molecule has 5 aromatic rings. The van der Waals surface area contributed by atoms with Gasteiger partial charge >= 0.3 is 0 Å². The summed E-state index contributed by atoms with van der Waals surface area (Å²) in [6, 6.07) is 47.9. The van der Waals surface area contributed by atoms with E-state index >= 15 is 0 Å². The van der Waals surface area contributed by atoms with Gasteiger partial charge in [0.2, 0.25) is 0 Å². The predicted molar refractivity (Wildman–Crippen MR) is 243 cm³/mol. The molecule has 0 saturated carbocycles. The fourth-order valence-electron chi connectivity index (χ4n) is 9.59. The number of hydrogen-bond donors (Lipinski definition) is 0. The van der Waals surface area contributed by atoms with E-state index in [1.807, 2.05) is 0 Å². The third-order valence-corrected chi connectivity index (χ3v) is 13.0. The molecule has 0 aromatic heterocycles. The minimum atomic E-state index is 0.276. The van der Waals surface area contributed by atoms with Crippen LogP contribution in [0.15, 0.2) is 193 Å². The van der Waals surface area contributed by atoms with E-state index in [-0.39, 0.29) is 6.04 Å². The highest BCUT2D eigenvalue weighted by atomic mass is 15.2. The summed E-state index contributed by atoms with van der Waals surface area (Å²) in [5.74, 6) is 1.31. The van der Waals surface area contributed by atoms with Crippen LogP contribution in [0.3, 0.4) is 0 Å². The lowest BCUT2D eigenvalue weighted by Gasteiger charge is -2.36. The molecule has 4 aliphatic rings. The second kappa shape index (κ2) is 17.2. The predicted octanol–water partition coefficient (Wildman–Crippen LogP) is 15.0. The van der Waals surface area contributed by atoms with Gasteiger partial charge in [-0.2, -0.15) is 0 Å². The molecule has 57 heavy (non-hydrogen) atoms. The van der Waals surface area contributed by atoms with E-state index in [1.165, 1.54) is 87.1 Å². The highest BCUT2D eigenvalue weighted by Gasteiger charge is 2.26. The molecule has 1 heteroatoms. The van der Waals surface area contributed by atoms with E-state index in [4.69, 9.17) is 0 Å². The SMILES string of the molecule is CC(c1ccc(-c2ccc(N(C3=CCCC=C3)C3C=Cc4ccccc4C3)cc2)cc1)C(CC1=CCC(C2=CCCCC2)C=C1)c1ccc(-c2ccccc2)cc1. The molecule has 0 aliphatic heterocycles. The van der Waals surface area contributed by atoms with Gasteiger partial charge in [-0.3, -0.25) is 0 Å². The third kappa shape index (κ3) is 8.40. The van der Waals surface area contributed by atoms with Gasteiger partial charge in [-0.25, -0.2) is 0 Å². The molecule has 0 fully saturated rings. The van der Waals surface area contributed by atoms with Crippen LogP contribution in [0.4, 0.5) is 5.69 Å². The second-order valence-electron chi connectivity index (χ2n) is 16.6. The van der Waals surface area contributed by atoms with Crippen LogP contribution in [0, 0.1) is 5.92 Å². The molecule has 0 radical (unpaired) electrons. The lowest BCUT2D eigenvalue weighted by molar-refractivity contribution is 0.567. The Hall–Kier alpha value is -5.66. The first-order valence-corrected chi connectivity index (χ1v) is 21.5. The number of allylic oxidation sites excluding steroid dienone is 9. The molecular weight excluding hydrogens is 687 g/mol. The fourth-order valence-corrected chi connectivity index (χ4v) is 9.59.